The van der Waals surface area contributed by atoms with Crippen molar-refractivity contribution in [1.82, 2.24) is 9.97 Å². The van der Waals surface area contributed by atoms with Crippen molar-refractivity contribution >= 4 is 33.1 Å². The topological polar surface area (TPSA) is 56.3 Å². The third-order valence-corrected chi connectivity index (χ3v) is 5.39. The second-order valence-corrected chi connectivity index (χ2v) is 7.20. The molecule has 0 fully saturated rings. The van der Waals surface area contributed by atoms with Crippen molar-refractivity contribution in [1.29, 1.82) is 0 Å². The number of rotatable bonds is 5. The molecule has 2 aromatic carbocycles. The lowest BCUT2D eigenvalue weighted by Crippen LogP contribution is -1.97. The number of aryl methyl sites for hydroxylation is 1. The van der Waals surface area contributed by atoms with Crippen LogP contribution in [0.15, 0.2) is 54.9 Å². The van der Waals surface area contributed by atoms with Crippen molar-refractivity contribution in [3.8, 4) is 22.6 Å². The van der Waals surface area contributed by atoms with Crippen LogP contribution in [0.1, 0.15) is 4.88 Å². The van der Waals surface area contributed by atoms with Gasteiger partial charge in [-0.25, -0.2) is 9.97 Å². The molecule has 2 heterocycles. The van der Waals surface area contributed by atoms with Gasteiger partial charge in [0, 0.05) is 22.2 Å². The summed E-state index contributed by atoms with van der Waals surface area (Å²) in [5.41, 5.74) is 3.20. The maximum absolute atomic E-state index is 5.40. The first-order chi connectivity index (χ1) is 13.2. The van der Waals surface area contributed by atoms with Gasteiger partial charge in [-0.2, -0.15) is 0 Å². The van der Waals surface area contributed by atoms with Crippen LogP contribution in [-0.4, -0.2) is 24.2 Å². The Bertz CT molecular complexity index is 1090. The number of fused-ring (bicyclic) bond motifs is 1. The van der Waals surface area contributed by atoms with Crippen molar-refractivity contribution in [2.75, 3.05) is 19.5 Å². The monoisotopic (exact) mass is 377 g/mol. The van der Waals surface area contributed by atoms with Crippen molar-refractivity contribution in [2.24, 2.45) is 0 Å². The summed E-state index contributed by atoms with van der Waals surface area (Å²) in [6.07, 6.45) is 1.59. The number of nitrogens with one attached hydrogen (secondary N) is 1. The molecule has 0 spiro atoms. The number of benzene rings is 2. The standard InChI is InChI=1S/C21H19N3O2S/c1-13-18(14-7-5-4-6-8-14)19-20(22-12-23-21(19)27-13)24-15-9-10-16(25-2)17(11-15)26-3/h4-12H,1-3H3,(H,22,23,24). The quantitative estimate of drug-likeness (QED) is 0.503. The Morgan fingerprint density at radius 1 is 0.926 bits per heavy atom. The number of anilines is 2. The van der Waals surface area contributed by atoms with E-state index in [0.29, 0.717) is 11.5 Å². The lowest BCUT2D eigenvalue weighted by atomic mass is 10.0. The summed E-state index contributed by atoms with van der Waals surface area (Å²) in [4.78, 5) is 11.2. The van der Waals surface area contributed by atoms with Gasteiger partial charge in [-0.3, -0.25) is 0 Å². The number of aromatic nitrogens is 2. The molecule has 0 aliphatic rings. The van der Waals surface area contributed by atoms with Crippen LogP contribution in [0.3, 0.4) is 0 Å². The molecule has 1 N–H and O–H groups in total. The number of ether oxygens (including phenoxy) is 2. The fourth-order valence-electron chi connectivity index (χ4n) is 3.14. The second-order valence-electron chi connectivity index (χ2n) is 6.00. The van der Waals surface area contributed by atoms with E-state index in [1.807, 2.05) is 36.4 Å². The minimum absolute atomic E-state index is 0.664. The first-order valence-electron chi connectivity index (χ1n) is 8.50. The van der Waals surface area contributed by atoms with Crippen LogP contribution in [0.25, 0.3) is 21.3 Å². The van der Waals surface area contributed by atoms with E-state index in [9.17, 15) is 0 Å². The summed E-state index contributed by atoms with van der Waals surface area (Å²) in [5, 5.41) is 4.45. The predicted molar refractivity (Wildman–Crippen MR) is 110 cm³/mol. The van der Waals surface area contributed by atoms with Crippen LogP contribution in [0.5, 0.6) is 11.5 Å². The average molecular weight is 377 g/mol. The predicted octanol–water partition coefficient (Wildman–Crippen LogP) is 5.43. The Kier molecular flexibility index (Phi) is 4.64. The Labute approximate surface area is 161 Å². The zero-order valence-electron chi connectivity index (χ0n) is 15.3. The zero-order chi connectivity index (χ0) is 18.8. The van der Waals surface area contributed by atoms with Gasteiger partial charge in [-0.05, 0) is 24.6 Å². The highest BCUT2D eigenvalue weighted by Gasteiger charge is 2.17. The Hall–Kier alpha value is -3.12. The highest BCUT2D eigenvalue weighted by molar-refractivity contribution is 7.19. The maximum Gasteiger partial charge on any atom is 0.162 e. The Balaban J connectivity index is 1.83. The van der Waals surface area contributed by atoms with Gasteiger partial charge in [0.25, 0.3) is 0 Å². The van der Waals surface area contributed by atoms with Gasteiger partial charge in [0.05, 0.1) is 19.6 Å². The fraction of sp³-hybridized carbons (Fsp3) is 0.143. The molecular weight excluding hydrogens is 358 g/mol. The normalized spacial score (nSPS) is 10.8. The van der Waals surface area contributed by atoms with E-state index in [1.165, 1.54) is 10.4 Å². The van der Waals surface area contributed by atoms with E-state index in [0.717, 1.165) is 27.3 Å². The number of thiophene rings is 1. The summed E-state index contributed by atoms with van der Waals surface area (Å²) < 4.78 is 10.7. The number of hydrogen-bond donors (Lipinski definition) is 1. The van der Waals surface area contributed by atoms with Gasteiger partial charge in [0.2, 0.25) is 0 Å². The molecule has 0 bridgehead atoms. The molecule has 5 nitrogen and oxygen atoms in total. The zero-order valence-corrected chi connectivity index (χ0v) is 16.1. The summed E-state index contributed by atoms with van der Waals surface area (Å²) in [7, 11) is 3.25. The second kappa shape index (κ2) is 7.25. The number of hydrogen-bond acceptors (Lipinski definition) is 6. The third kappa shape index (κ3) is 3.19. The Morgan fingerprint density at radius 3 is 2.44 bits per heavy atom. The molecule has 0 saturated carbocycles. The SMILES string of the molecule is COc1ccc(Nc2ncnc3sc(C)c(-c4ccccc4)c23)cc1OC. The fourth-order valence-corrected chi connectivity index (χ4v) is 4.15. The van der Waals surface area contributed by atoms with E-state index in [4.69, 9.17) is 9.47 Å². The largest absolute Gasteiger partial charge is 0.493 e. The highest BCUT2D eigenvalue weighted by Crippen LogP contribution is 2.41. The van der Waals surface area contributed by atoms with Crippen molar-refractivity contribution in [3.63, 3.8) is 0 Å². The van der Waals surface area contributed by atoms with Gasteiger partial charge < -0.3 is 14.8 Å². The van der Waals surface area contributed by atoms with Crippen LogP contribution in [-0.2, 0) is 0 Å². The minimum atomic E-state index is 0.664. The van der Waals surface area contributed by atoms with Crippen molar-refractivity contribution < 1.29 is 9.47 Å². The van der Waals surface area contributed by atoms with Crippen LogP contribution in [0, 0.1) is 6.92 Å². The van der Waals surface area contributed by atoms with E-state index < -0.39 is 0 Å². The summed E-state index contributed by atoms with van der Waals surface area (Å²) in [6.45, 7) is 2.12. The molecule has 4 aromatic rings. The average Bonchev–Trinajstić information content (AvgIpc) is 3.05. The molecule has 4 rings (SSSR count). The van der Waals surface area contributed by atoms with Gasteiger partial charge in [-0.15, -0.1) is 11.3 Å². The van der Waals surface area contributed by atoms with Crippen LogP contribution in [0.4, 0.5) is 11.5 Å². The minimum Gasteiger partial charge on any atom is -0.493 e. The summed E-state index contributed by atoms with van der Waals surface area (Å²) >= 11 is 1.68. The third-order valence-electron chi connectivity index (χ3n) is 4.37. The smallest absolute Gasteiger partial charge is 0.162 e. The van der Waals surface area contributed by atoms with Gasteiger partial charge in [0.1, 0.15) is 17.0 Å². The molecule has 0 atom stereocenters. The lowest BCUT2D eigenvalue weighted by molar-refractivity contribution is 0.355. The van der Waals surface area contributed by atoms with Gasteiger partial charge in [0.15, 0.2) is 11.5 Å². The molecule has 136 valence electrons. The van der Waals surface area contributed by atoms with Crippen LogP contribution < -0.4 is 14.8 Å². The Morgan fingerprint density at radius 2 is 1.70 bits per heavy atom. The molecular formula is C21H19N3O2S. The first kappa shape index (κ1) is 17.3. The van der Waals surface area contributed by atoms with Gasteiger partial charge in [-0.1, -0.05) is 30.3 Å². The molecule has 27 heavy (non-hydrogen) atoms. The summed E-state index contributed by atoms with van der Waals surface area (Å²) in [5.74, 6) is 2.13. The van der Waals surface area contributed by atoms with Crippen LogP contribution in [0.2, 0.25) is 0 Å². The molecule has 0 amide bonds. The molecule has 0 radical (unpaired) electrons. The molecule has 0 saturated heterocycles. The molecule has 0 aliphatic carbocycles. The molecule has 0 unspecified atom stereocenters. The van der Waals surface area contributed by atoms with Crippen molar-refractivity contribution in [2.45, 2.75) is 6.92 Å². The molecule has 6 heteroatoms. The maximum atomic E-state index is 5.40. The highest BCUT2D eigenvalue weighted by atomic mass is 32.1. The number of methoxy groups -OCH3 is 2. The van der Waals surface area contributed by atoms with E-state index in [2.05, 4.69) is 34.3 Å². The molecule has 0 aliphatic heterocycles. The van der Waals surface area contributed by atoms with E-state index in [-0.39, 0.29) is 0 Å². The van der Waals surface area contributed by atoms with E-state index in [1.54, 1.807) is 31.9 Å². The first-order valence-corrected chi connectivity index (χ1v) is 9.31. The van der Waals surface area contributed by atoms with Gasteiger partial charge >= 0.3 is 0 Å². The van der Waals surface area contributed by atoms with E-state index >= 15 is 0 Å². The van der Waals surface area contributed by atoms with Crippen LogP contribution >= 0.6 is 11.3 Å². The molecule has 2 aromatic heterocycles. The summed E-state index contributed by atoms with van der Waals surface area (Å²) in [6, 6.07) is 16.0. The van der Waals surface area contributed by atoms with Crippen molar-refractivity contribution in [3.05, 3.63) is 59.7 Å². The number of nitrogens with zero attached hydrogens (tertiary/aromatic N) is 2. The lowest BCUT2D eigenvalue weighted by Gasteiger charge is -2.12.